The predicted molar refractivity (Wildman–Crippen MR) is 93.3 cm³/mol. The lowest BCUT2D eigenvalue weighted by molar-refractivity contribution is -0.137. The number of carbonyl (C=O) groups excluding carboxylic acids is 1. The third kappa shape index (κ3) is 4.32. The first-order valence-corrected chi connectivity index (χ1v) is 8.12. The first-order chi connectivity index (χ1) is 12.0. The van der Waals surface area contributed by atoms with Crippen molar-refractivity contribution in [2.24, 2.45) is 0 Å². The average Bonchev–Trinajstić information content (AvgIpc) is 3.16. The number of amides is 1. The summed E-state index contributed by atoms with van der Waals surface area (Å²) in [5.74, 6) is -1.48. The molecule has 0 fully saturated rings. The molecule has 0 saturated carbocycles. The third-order valence-electron chi connectivity index (χ3n) is 3.37. The number of carboxylic acids is 1. The molecule has 0 saturated heterocycles. The van der Waals surface area contributed by atoms with Crippen molar-refractivity contribution >= 4 is 33.5 Å². The van der Waals surface area contributed by atoms with Crippen LogP contribution in [0.3, 0.4) is 0 Å². The first-order valence-electron chi connectivity index (χ1n) is 7.33. The lowest BCUT2D eigenvalue weighted by Gasteiger charge is -2.09. The van der Waals surface area contributed by atoms with Crippen LogP contribution in [0.15, 0.2) is 53.4 Å². The molecule has 1 amide bonds. The van der Waals surface area contributed by atoms with Crippen LogP contribution in [0.5, 0.6) is 0 Å². The molecular formula is C16H14BrN5O3. The number of aliphatic carboxylic acids is 1. The molecule has 2 N–H and O–H groups in total. The fraction of sp³-hybridized carbons (Fsp3) is 0.125. The number of hydrogen-bond acceptors (Lipinski definition) is 4. The lowest BCUT2D eigenvalue weighted by atomic mass is 10.2. The van der Waals surface area contributed by atoms with Crippen LogP contribution < -0.4 is 5.32 Å². The van der Waals surface area contributed by atoms with Crippen molar-refractivity contribution in [3.05, 3.63) is 64.7 Å². The number of nitrogens with one attached hydrogen (secondary N) is 1. The molecule has 8 nitrogen and oxygen atoms in total. The summed E-state index contributed by atoms with van der Waals surface area (Å²) in [5, 5.41) is 19.7. The Labute approximate surface area is 151 Å². The van der Waals surface area contributed by atoms with Gasteiger partial charge >= 0.3 is 5.97 Å². The summed E-state index contributed by atoms with van der Waals surface area (Å²) in [6.07, 6.45) is 4.95. The van der Waals surface area contributed by atoms with Crippen LogP contribution in [0.2, 0.25) is 0 Å². The van der Waals surface area contributed by atoms with E-state index in [1.807, 2.05) is 24.4 Å². The molecule has 0 aliphatic rings. The normalized spacial score (nSPS) is 10.6. The van der Waals surface area contributed by atoms with Gasteiger partial charge in [0.25, 0.3) is 5.91 Å². The van der Waals surface area contributed by atoms with E-state index in [1.165, 1.54) is 12.3 Å². The molecule has 9 heteroatoms. The molecule has 2 heterocycles. The summed E-state index contributed by atoms with van der Waals surface area (Å²) >= 11 is 3.35. The van der Waals surface area contributed by atoms with E-state index < -0.39 is 11.9 Å². The monoisotopic (exact) mass is 403 g/mol. The quantitative estimate of drug-likeness (QED) is 0.656. The summed E-state index contributed by atoms with van der Waals surface area (Å²) in [6.45, 7) is 0.191. The van der Waals surface area contributed by atoms with Crippen LogP contribution in [-0.4, -0.2) is 36.5 Å². The molecule has 2 aromatic heterocycles. The van der Waals surface area contributed by atoms with Crippen molar-refractivity contribution in [2.45, 2.75) is 13.1 Å². The highest BCUT2D eigenvalue weighted by Crippen LogP contribution is 2.14. The van der Waals surface area contributed by atoms with Crippen molar-refractivity contribution in [2.75, 3.05) is 5.32 Å². The number of hydrogen-bond donors (Lipinski definition) is 2. The number of halogens is 1. The van der Waals surface area contributed by atoms with Crippen molar-refractivity contribution in [3.8, 4) is 0 Å². The largest absolute Gasteiger partial charge is 0.480 e. The Balaban J connectivity index is 1.72. The van der Waals surface area contributed by atoms with Gasteiger partial charge < -0.3 is 10.4 Å². The molecule has 0 unspecified atom stereocenters. The molecule has 0 aliphatic heterocycles. The predicted octanol–water partition coefficient (Wildman–Crippen LogP) is 2.23. The Bertz CT molecular complexity index is 918. The number of aromatic nitrogens is 4. The van der Waals surface area contributed by atoms with Crippen LogP contribution in [-0.2, 0) is 17.9 Å². The van der Waals surface area contributed by atoms with Crippen LogP contribution in [0, 0.1) is 0 Å². The van der Waals surface area contributed by atoms with E-state index in [9.17, 15) is 9.59 Å². The van der Waals surface area contributed by atoms with Crippen molar-refractivity contribution < 1.29 is 14.7 Å². The van der Waals surface area contributed by atoms with Gasteiger partial charge in [0.1, 0.15) is 12.2 Å². The van der Waals surface area contributed by atoms with Crippen molar-refractivity contribution in [1.29, 1.82) is 0 Å². The molecule has 0 bridgehead atoms. The summed E-state index contributed by atoms with van der Waals surface area (Å²) in [7, 11) is 0. The standard InChI is InChI=1S/C16H14BrN5O3/c17-12-7-19-21(9-12)8-11-2-1-3-13(6-11)20-16(25)14-4-5-18-22(14)10-15(23)24/h1-7,9H,8,10H2,(H,20,25)(H,23,24). The van der Waals surface area contributed by atoms with Crippen LogP contribution in [0.1, 0.15) is 16.1 Å². The Kier molecular flexibility index (Phi) is 4.94. The zero-order valence-corrected chi connectivity index (χ0v) is 14.5. The molecule has 0 atom stereocenters. The van der Waals surface area contributed by atoms with Gasteiger partial charge in [-0.25, -0.2) is 4.68 Å². The topological polar surface area (TPSA) is 102 Å². The SMILES string of the molecule is O=C(O)Cn1nccc1C(=O)Nc1cccc(Cn2cc(Br)cn2)c1. The van der Waals surface area contributed by atoms with E-state index in [-0.39, 0.29) is 12.2 Å². The van der Waals surface area contributed by atoms with E-state index in [1.54, 1.807) is 16.9 Å². The maximum atomic E-state index is 12.4. The first kappa shape index (κ1) is 16.9. The van der Waals surface area contributed by atoms with Gasteiger partial charge in [0.2, 0.25) is 0 Å². The van der Waals surface area contributed by atoms with Gasteiger partial charge in [-0.15, -0.1) is 0 Å². The summed E-state index contributed by atoms with van der Waals surface area (Å²) < 4.78 is 3.80. The molecule has 0 radical (unpaired) electrons. The number of nitrogens with zero attached hydrogens (tertiary/aromatic N) is 4. The maximum Gasteiger partial charge on any atom is 0.325 e. The fourth-order valence-electron chi connectivity index (χ4n) is 2.33. The highest BCUT2D eigenvalue weighted by atomic mass is 79.9. The smallest absolute Gasteiger partial charge is 0.325 e. The van der Waals surface area contributed by atoms with Gasteiger partial charge in [0.05, 0.1) is 17.2 Å². The third-order valence-corrected chi connectivity index (χ3v) is 3.77. The minimum atomic E-state index is -1.06. The minimum Gasteiger partial charge on any atom is -0.480 e. The second-order valence-electron chi connectivity index (χ2n) is 5.28. The number of carboxylic acid groups (broad SMARTS) is 1. The van der Waals surface area contributed by atoms with E-state index >= 15 is 0 Å². The Morgan fingerprint density at radius 1 is 1.24 bits per heavy atom. The van der Waals surface area contributed by atoms with E-state index in [0.717, 1.165) is 14.7 Å². The highest BCUT2D eigenvalue weighted by Gasteiger charge is 2.14. The molecule has 25 heavy (non-hydrogen) atoms. The Hall–Kier alpha value is -2.94. The van der Waals surface area contributed by atoms with Gasteiger partial charge in [0.15, 0.2) is 0 Å². The summed E-state index contributed by atoms with van der Waals surface area (Å²) in [4.78, 5) is 23.2. The summed E-state index contributed by atoms with van der Waals surface area (Å²) in [6, 6.07) is 8.84. The van der Waals surface area contributed by atoms with Crippen LogP contribution >= 0.6 is 15.9 Å². The zero-order valence-electron chi connectivity index (χ0n) is 13.0. The highest BCUT2D eigenvalue weighted by molar-refractivity contribution is 9.10. The molecule has 0 aliphatic carbocycles. The lowest BCUT2D eigenvalue weighted by Crippen LogP contribution is -2.20. The molecular weight excluding hydrogens is 390 g/mol. The second-order valence-corrected chi connectivity index (χ2v) is 6.19. The van der Waals surface area contributed by atoms with Crippen LogP contribution in [0.4, 0.5) is 5.69 Å². The van der Waals surface area contributed by atoms with Gasteiger partial charge in [-0.1, -0.05) is 12.1 Å². The number of anilines is 1. The summed E-state index contributed by atoms with van der Waals surface area (Å²) in [5.41, 5.74) is 1.76. The zero-order chi connectivity index (χ0) is 17.8. The molecule has 0 spiro atoms. The fourth-order valence-corrected chi connectivity index (χ4v) is 2.66. The Morgan fingerprint density at radius 3 is 2.80 bits per heavy atom. The average molecular weight is 404 g/mol. The van der Waals surface area contributed by atoms with E-state index in [2.05, 4.69) is 31.4 Å². The van der Waals surface area contributed by atoms with Crippen LogP contribution in [0.25, 0.3) is 0 Å². The molecule has 1 aromatic carbocycles. The van der Waals surface area contributed by atoms with E-state index in [4.69, 9.17) is 5.11 Å². The van der Waals surface area contributed by atoms with Crippen molar-refractivity contribution in [3.63, 3.8) is 0 Å². The van der Waals surface area contributed by atoms with Gasteiger partial charge in [-0.3, -0.25) is 14.3 Å². The number of carbonyl (C=O) groups is 2. The van der Waals surface area contributed by atoms with E-state index in [0.29, 0.717) is 12.2 Å². The molecule has 128 valence electrons. The molecule has 3 aromatic rings. The maximum absolute atomic E-state index is 12.4. The van der Waals surface area contributed by atoms with Gasteiger partial charge in [-0.2, -0.15) is 10.2 Å². The Morgan fingerprint density at radius 2 is 2.08 bits per heavy atom. The second kappa shape index (κ2) is 7.31. The molecule has 3 rings (SSSR count). The number of rotatable bonds is 6. The number of benzene rings is 1. The van der Waals surface area contributed by atoms with Gasteiger partial charge in [-0.05, 0) is 39.7 Å². The van der Waals surface area contributed by atoms with Crippen molar-refractivity contribution in [1.82, 2.24) is 19.6 Å². The minimum absolute atomic E-state index is 0.184. The van der Waals surface area contributed by atoms with Gasteiger partial charge in [0, 0.05) is 18.1 Å².